The fourth-order valence-electron chi connectivity index (χ4n) is 3.64. The summed E-state index contributed by atoms with van der Waals surface area (Å²) in [7, 11) is 1.60. The van der Waals surface area contributed by atoms with E-state index in [4.69, 9.17) is 4.74 Å². The van der Waals surface area contributed by atoms with E-state index in [9.17, 15) is 14.0 Å². The monoisotopic (exact) mass is 450 g/mol. The Balaban J connectivity index is 1.52. The zero-order valence-electron chi connectivity index (χ0n) is 17.8. The summed E-state index contributed by atoms with van der Waals surface area (Å²) in [4.78, 5) is 26.6. The summed E-state index contributed by atoms with van der Waals surface area (Å²) in [5.74, 6) is 0.287. The van der Waals surface area contributed by atoms with Crippen molar-refractivity contribution < 1.29 is 18.7 Å². The molecule has 1 atom stereocenters. The van der Waals surface area contributed by atoms with Crippen molar-refractivity contribution in [1.29, 1.82) is 0 Å². The van der Waals surface area contributed by atoms with Crippen LogP contribution in [0.4, 0.5) is 15.8 Å². The van der Waals surface area contributed by atoms with Crippen LogP contribution in [-0.2, 0) is 16.0 Å². The fourth-order valence-corrected chi connectivity index (χ4v) is 4.80. The first-order valence-corrected chi connectivity index (χ1v) is 11.2. The number of anilines is 2. The molecular weight excluding hydrogens is 427 g/mol. The number of amides is 2. The molecule has 0 radical (unpaired) electrons. The number of halogens is 1. The molecule has 0 saturated carbocycles. The van der Waals surface area contributed by atoms with Crippen molar-refractivity contribution in [3.05, 3.63) is 89.2 Å². The van der Waals surface area contributed by atoms with E-state index < -0.39 is 5.82 Å². The van der Waals surface area contributed by atoms with Crippen LogP contribution in [0.1, 0.15) is 22.1 Å². The van der Waals surface area contributed by atoms with Gasteiger partial charge in [0.2, 0.25) is 11.8 Å². The molecule has 7 heteroatoms. The Bertz CT molecular complexity index is 1150. The predicted octanol–water partition coefficient (Wildman–Crippen LogP) is 5.10. The van der Waals surface area contributed by atoms with E-state index in [0.717, 1.165) is 22.4 Å². The van der Waals surface area contributed by atoms with Crippen molar-refractivity contribution in [3.8, 4) is 5.75 Å². The first-order valence-electron chi connectivity index (χ1n) is 10.2. The number of thioether (sulfide) groups is 1. The second-order valence-electron chi connectivity index (χ2n) is 7.58. The Morgan fingerprint density at radius 3 is 2.69 bits per heavy atom. The summed E-state index contributed by atoms with van der Waals surface area (Å²) >= 11 is 1.44. The zero-order valence-corrected chi connectivity index (χ0v) is 18.6. The van der Waals surface area contributed by atoms with Crippen LogP contribution in [0.15, 0.2) is 66.7 Å². The topological polar surface area (TPSA) is 58.6 Å². The summed E-state index contributed by atoms with van der Waals surface area (Å²) in [5.41, 5.74) is 3.48. The van der Waals surface area contributed by atoms with Crippen LogP contribution in [0.3, 0.4) is 0 Å². The summed E-state index contributed by atoms with van der Waals surface area (Å²) in [5, 5.41) is 2.55. The predicted molar refractivity (Wildman–Crippen MR) is 126 cm³/mol. The highest BCUT2D eigenvalue weighted by atomic mass is 32.2. The summed E-state index contributed by atoms with van der Waals surface area (Å²) < 4.78 is 19.7. The number of hydrogen-bond donors (Lipinski definition) is 1. The Kier molecular flexibility index (Phi) is 6.46. The van der Waals surface area contributed by atoms with Crippen LogP contribution < -0.4 is 15.0 Å². The molecule has 1 aliphatic rings. The van der Waals surface area contributed by atoms with E-state index in [1.807, 2.05) is 49.4 Å². The highest BCUT2D eigenvalue weighted by Gasteiger charge is 2.35. The first-order chi connectivity index (χ1) is 15.4. The molecule has 0 unspecified atom stereocenters. The zero-order chi connectivity index (χ0) is 22.7. The second kappa shape index (κ2) is 9.44. The van der Waals surface area contributed by atoms with Gasteiger partial charge in [-0.2, -0.15) is 0 Å². The Morgan fingerprint density at radius 1 is 1.16 bits per heavy atom. The van der Waals surface area contributed by atoms with Crippen molar-refractivity contribution in [3.63, 3.8) is 0 Å². The SMILES string of the molecule is COc1ccc(CC(=O)Nc2cccc([C@H]3SCC(=O)N3c3cc(C)ccc3F)c2)cc1. The highest BCUT2D eigenvalue weighted by Crippen LogP contribution is 2.43. The summed E-state index contributed by atoms with van der Waals surface area (Å²) in [6.45, 7) is 1.87. The van der Waals surface area contributed by atoms with Gasteiger partial charge in [0.1, 0.15) is 16.9 Å². The van der Waals surface area contributed by atoms with Crippen molar-refractivity contribution in [1.82, 2.24) is 0 Å². The van der Waals surface area contributed by atoms with Gasteiger partial charge in [-0.05, 0) is 60.0 Å². The van der Waals surface area contributed by atoms with E-state index >= 15 is 0 Å². The van der Waals surface area contributed by atoms with Crippen LogP contribution in [0.5, 0.6) is 5.75 Å². The average Bonchev–Trinajstić information content (AvgIpc) is 3.17. The van der Waals surface area contributed by atoms with Gasteiger partial charge in [-0.3, -0.25) is 14.5 Å². The Hall–Kier alpha value is -3.32. The minimum Gasteiger partial charge on any atom is -0.497 e. The van der Waals surface area contributed by atoms with E-state index in [0.29, 0.717) is 5.69 Å². The number of rotatable bonds is 6. The maximum absolute atomic E-state index is 14.5. The van der Waals surface area contributed by atoms with Crippen LogP contribution in [0.25, 0.3) is 0 Å². The number of nitrogens with zero attached hydrogens (tertiary/aromatic N) is 1. The summed E-state index contributed by atoms with van der Waals surface area (Å²) in [6.07, 6.45) is 0.228. The number of hydrogen-bond acceptors (Lipinski definition) is 4. The average molecular weight is 451 g/mol. The van der Waals surface area contributed by atoms with Gasteiger partial charge in [-0.25, -0.2) is 4.39 Å². The first kappa shape index (κ1) is 21.9. The molecule has 2 amide bonds. The molecule has 32 heavy (non-hydrogen) atoms. The van der Waals surface area contributed by atoms with Gasteiger partial charge in [0.05, 0.1) is 25.0 Å². The van der Waals surface area contributed by atoms with Gasteiger partial charge >= 0.3 is 0 Å². The molecule has 4 rings (SSSR count). The molecule has 1 saturated heterocycles. The second-order valence-corrected chi connectivity index (χ2v) is 8.65. The van der Waals surface area contributed by atoms with E-state index in [2.05, 4.69) is 5.32 Å². The quantitative estimate of drug-likeness (QED) is 0.568. The van der Waals surface area contributed by atoms with Crippen molar-refractivity contribution in [2.45, 2.75) is 18.7 Å². The van der Waals surface area contributed by atoms with Gasteiger partial charge in [-0.15, -0.1) is 11.8 Å². The van der Waals surface area contributed by atoms with Crippen molar-refractivity contribution in [2.75, 3.05) is 23.1 Å². The lowest BCUT2D eigenvalue weighted by Gasteiger charge is -2.25. The molecule has 164 valence electrons. The molecule has 0 aromatic heterocycles. The highest BCUT2D eigenvalue weighted by molar-refractivity contribution is 8.00. The standard InChI is InChI=1S/C25H23FN2O3S/c1-16-6-11-21(26)22(12-16)28-24(30)15-32-25(28)18-4-3-5-19(14-18)27-23(29)13-17-7-9-20(31-2)10-8-17/h3-12,14,25H,13,15H2,1-2H3,(H,27,29)/t25-/m1/s1. The van der Waals surface area contributed by atoms with Gasteiger partial charge in [-0.1, -0.05) is 30.3 Å². The third kappa shape index (κ3) is 4.78. The van der Waals surface area contributed by atoms with E-state index in [1.165, 1.54) is 22.7 Å². The molecule has 1 fully saturated rings. The normalized spacial score (nSPS) is 15.7. The summed E-state index contributed by atoms with van der Waals surface area (Å²) in [6, 6.07) is 19.4. The fraction of sp³-hybridized carbons (Fsp3) is 0.200. The van der Waals surface area contributed by atoms with Crippen LogP contribution in [0.2, 0.25) is 0 Å². The van der Waals surface area contributed by atoms with Gasteiger partial charge < -0.3 is 10.1 Å². The lowest BCUT2D eigenvalue weighted by Crippen LogP contribution is -2.28. The number of methoxy groups -OCH3 is 1. The molecule has 1 aliphatic heterocycles. The number of benzene rings is 3. The van der Waals surface area contributed by atoms with E-state index in [-0.39, 0.29) is 35.0 Å². The van der Waals surface area contributed by atoms with Gasteiger partial charge in [0.15, 0.2) is 0 Å². The molecule has 3 aromatic rings. The molecule has 5 nitrogen and oxygen atoms in total. The largest absolute Gasteiger partial charge is 0.497 e. The Labute approximate surface area is 190 Å². The molecular formula is C25H23FN2O3S. The van der Waals surface area contributed by atoms with Crippen LogP contribution >= 0.6 is 11.8 Å². The molecule has 0 bridgehead atoms. The minimum absolute atomic E-state index is 0.140. The number of aryl methyl sites for hydroxylation is 1. The van der Waals surface area contributed by atoms with Crippen molar-refractivity contribution in [2.24, 2.45) is 0 Å². The number of carbonyl (C=O) groups is 2. The third-order valence-electron chi connectivity index (χ3n) is 5.21. The van der Waals surface area contributed by atoms with Gasteiger partial charge in [0.25, 0.3) is 0 Å². The number of carbonyl (C=O) groups excluding carboxylic acids is 2. The number of nitrogens with one attached hydrogen (secondary N) is 1. The minimum atomic E-state index is -0.430. The molecule has 0 spiro atoms. The number of ether oxygens (including phenoxy) is 1. The lowest BCUT2D eigenvalue weighted by atomic mass is 10.1. The van der Waals surface area contributed by atoms with Crippen LogP contribution in [0, 0.1) is 12.7 Å². The molecule has 1 N–H and O–H groups in total. The lowest BCUT2D eigenvalue weighted by molar-refractivity contribution is -0.116. The third-order valence-corrected chi connectivity index (χ3v) is 6.42. The maximum atomic E-state index is 14.5. The Morgan fingerprint density at radius 2 is 1.94 bits per heavy atom. The van der Waals surface area contributed by atoms with E-state index in [1.54, 1.807) is 25.3 Å². The van der Waals surface area contributed by atoms with Crippen molar-refractivity contribution >= 4 is 35.0 Å². The molecule has 3 aromatic carbocycles. The maximum Gasteiger partial charge on any atom is 0.238 e. The van der Waals surface area contributed by atoms with Crippen LogP contribution in [-0.4, -0.2) is 24.7 Å². The smallest absolute Gasteiger partial charge is 0.238 e. The van der Waals surface area contributed by atoms with Gasteiger partial charge in [0, 0.05) is 5.69 Å². The molecule has 0 aliphatic carbocycles. The molecule has 1 heterocycles.